The molecule has 0 bridgehead atoms. The van der Waals surface area contributed by atoms with Gasteiger partial charge < -0.3 is 9.16 Å². The van der Waals surface area contributed by atoms with Crippen molar-refractivity contribution in [1.82, 2.24) is 0 Å². The molecule has 0 amide bonds. The quantitative estimate of drug-likeness (QED) is 0.287. The molecule has 98 valence electrons. The van der Waals surface area contributed by atoms with E-state index in [0.29, 0.717) is 6.10 Å². The average molecular weight is 258 g/mol. The lowest BCUT2D eigenvalue weighted by atomic mass is 10.0. The molecule has 1 saturated heterocycles. The molecule has 4 nitrogen and oxygen atoms in total. The second-order valence-electron chi connectivity index (χ2n) is 4.50. The summed E-state index contributed by atoms with van der Waals surface area (Å²) in [6.45, 7) is 4.28. The van der Waals surface area contributed by atoms with Gasteiger partial charge in [0.2, 0.25) is 0 Å². The van der Waals surface area contributed by atoms with E-state index in [9.17, 15) is 9.59 Å². The second-order valence-corrected chi connectivity index (χ2v) is 5.95. The molecule has 1 aliphatic rings. The molecule has 0 aromatic rings. The minimum absolute atomic E-state index is 0.190. The Morgan fingerprint density at radius 2 is 2.12 bits per heavy atom. The number of ether oxygens (including phenoxy) is 1. The van der Waals surface area contributed by atoms with E-state index in [1.165, 1.54) is 0 Å². The topological polar surface area (TPSA) is 52.6 Å². The number of hydrogen-bond acceptors (Lipinski definition) is 4. The van der Waals surface area contributed by atoms with E-state index in [-0.39, 0.29) is 24.3 Å². The molecular weight excluding hydrogens is 236 g/mol. The third-order valence-electron chi connectivity index (χ3n) is 3.17. The van der Waals surface area contributed by atoms with E-state index in [1.807, 2.05) is 0 Å². The zero-order valence-electron chi connectivity index (χ0n) is 10.7. The lowest BCUT2D eigenvalue weighted by Crippen LogP contribution is -2.14. The van der Waals surface area contributed by atoms with E-state index in [0.717, 1.165) is 31.7 Å². The molecule has 1 heterocycles. The second kappa shape index (κ2) is 7.61. The zero-order chi connectivity index (χ0) is 12.7. The van der Waals surface area contributed by atoms with Gasteiger partial charge in [0.1, 0.15) is 0 Å². The fourth-order valence-electron chi connectivity index (χ4n) is 2.01. The van der Waals surface area contributed by atoms with Gasteiger partial charge in [-0.3, -0.25) is 9.59 Å². The van der Waals surface area contributed by atoms with Crippen LogP contribution < -0.4 is 0 Å². The van der Waals surface area contributed by atoms with Crippen molar-refractivity contribution in [2.24, 2.45) is 5.92 Å². The van der Waals surface area contributed by atoms with Gasteiger partial charge in [0.25, 0.3) is 0 Å². The predicted molar refractivity (Wildman–Crippen MR) is 67.2 cm³/mol. The first-order valence-electron chi connectivity index (χ1n) is 6.53. The Hall–Kier alpha value is -0.683. The third-order valence-corrected chi connectivity index (χ3v) is 4.67. The van der Waals surface area contributed by atoms with Gasteiger partial charge in [0.15, 0.2) is 9.76 Å². The summed E-state index contributed by atoms with van der Waals surface area (Å²) in [5.41, 5.74) is 0. The standard InChI is InChI=1S/C12H22O4Si/c1-3-10(4-2)16-17-7-5-6-9-8-11(13)15-12(9)14/h9-10H,3-8,17H2,1-2H3. The number of hydrogen-bond donors (Lipinski definition) is 0. The van der Waals surface area contributed by atoms with Crippen molar-refractivity contribution in [3.05, 3.63) is 0 Å². The highest BCUT2D eigenvalue weighted by molar-refractivity contribution is 6.27. The van der Waals surface area contributed by atoms with Gasteiger partial charge in [0.05, 0.1) is 12.3 Å². The smallest absolute Gasteiger partial charge is 0.317 e. The van der Waals surface area contributed by atoms with Crippen LogP contribution in [0.25, 0.3) is 0 Å². The Morgan fingerprint density at radius 3 is 2.65 bits per heavy atom. The first-order valence-corrected chi connectivity index (χ1v) is 8.11. The SMILES string of the molecule is CCC(CC)O[SiH2]CCCC1CC(=O)OC1=O. The molecule has 0 aliphatic carbocycles. The van der Waals surface area contributed by atoms with Crippen molar-refractivity contribution in [2.75, 3.05) is 0 Å². The van der Waals surface area contributed by atoms with Crippen molar-refractivity contribution < 1.29 is 18.8 Å². The molecular formula is C12H22O4Si. The van der Waals surface area contributed by atoms with E-state index in [1.54, 1.807) is 0 Å². The molecule has 1 atom stereocenters. The van der Waals surface area contributed by atoms with Crippen molar-refractivity contribution in [1.29, 1.82) is 0 Å². The van der Waals surface area contributed by atoms with Gasteiger partial charge in [-0.05, 0) is 25.3 Å². The molecule has 5 heteroatoms. The maximum atomic E-state index is 11.2. The summed E-state index contributed by atoms with van der Waals surface area (Å²) in [4.78, 5) is 22.0. The van der Waals surface area contributed by atoms with Crippen LogP contribution in [0.5, 0.6) is 0 Å². The van der Waals surface area contributed by atoms with Crippen LogP contribution in [0.4, 0.5) is 0 Å². The molecule has 0 N–H and O–H groups in total. The predicted octanol–water partition coefficient (Wildman–Crippen LogP) is 1.56. The molecule has 1 fully saturated rings. The highest BCUT2D eigenvalue weighted by Gasteiger charge is 2.32. The Balaban J connectivity index is 2.04. The van der Waals surface area contributed by atoms with Crippen LogP contribution in [0.1, 0.15) is 46.0 Å². The van der Waals surface area contributed by atoms with Crippen LogP contribution in [-0.2, 0) is 18.8 Å². The maximum absolute atomic E-state index is 11.2. The summed E-state index contributed by atoms with van der Waals surface area (Å²) in [7, 11) is -0.463. The normalized spacial score (nSPS) is 20.8. The number of carbonyl (C=O) groups is 2. The fourth-order valence-corrected chi connectivity index (χ4v) is 3.47. The Bertz CT molecular complexity index is 263. The number of carbonyl (C=O) groups excluding carboxylic acids is 2. The summed E-state index contributed by atoms with van der Waals surface area (Å²) < 4.78 is 10.3. The Kier molecular flexibility index (Phi) is 6.43. The Labute approximate surface area is 105 Å². The van der Waals surface area contributed by atoms with Crippen molar-refractivity contribution in [2.45, 2.75) is 58.1 Å². The van der Waals surface area contributed by atoms with E-state index >= 15 is 0 Å². The summed E-state index contributed by atoms with van der Waals surface area (Å²) in [5.74, 6) is -0.896. The minimum Gasteiger partial charge on any atom is -0.421 e. The molecule has 0 aromatic heterocycles. The number of rotatable bonds is 8. The zero-order valence-corrected chi connectivity index (χ0v) is 12.2. The summed E-state index contributed by atoms with van der Waals surface area (Å²) in [6, 6.07) is 1.08. The molecule has 17 heavy (non-hydrogen) atoms. The van der Waals surface area contributed by atoms with Gasteiger partial charge in [-0.25, -0.2) is 0 Å². The number of cyclic esters (lactones) is 2. The average Bonchev–Trinajstić information content (AvgIpc) is 2.62. The van der Waals surface area contributed by atoms with E-state index in [4.69, 9.17) is 4.43 Å². The van der Waals surface area contributed by atoms with Crippen LogP contribution in [0.3, 0.4) is 0 Å². The summed E-state index contributed by atoms with van der Waals surface area (Å²) in [5, 5.41) is 0. The van der Waals surface area contributed by atoms with E-state index < -0.39 is 9.76 Å². The lowest BCUT2D eigenvalue weighted by molar-refractivity contribution is -0.153. The lowest BCUT2D eigenvalue weighted by Gasteiger charge is -2.13. The first-order chi connectivity index (χ1) is 8.17. The first kappa shape index (κ1) is 14.4. The molecule has 1 aliphatic heterocycles. The Morgan fingerprint density at radius 1 is 1.41 bits per heavy atom. The minimum atomic E-state index is -0.463. The highest BCUT2D eigenvalue weighted by atomic mass is 28.2. The summed E-state index contributed by atoms with van der Waals surface area (Å²) >= 11 is 0. The van der Waals surface area contributed by atoms with Crippen LogP contribution >= 0.6 is 0 Å². The largest absolute Gasteiger partial charge is 0.421 e. The maximum Gasteiger partial charge on any atom is 0.317 e. The van der Waals surface area contributed by atoms with Gasteiger partial charge in [-0.1, -0.05) is 20.3 Å². The van der Waals surface area contributed by atoms with Crippen molar-refractivity contribution in [3.8, 4) is 0 Å². The molecule has 0 radical (unpaired) electrons. The fraction of sp³-hybridized carbons (Fsp3) is 0.833. The van der Waals surface area contributed by atoms with Crippen LogP contribution in [0.2, 0.25) is 6.04 Å². The molecule has 0 spiro atoms. The number of esters is 2. The van der Waals surface area contributed by atoms with E-state index in [2.05, 4.69) is 18.6 Å². The molecule has 0 saturated carbocycles. The summed E-state index contributed by atoms with van der Waals surface area (Å²) in [6.07, 6.45) is 4.58. The van der Waals surface area contributed by atoms with Crippen molar-refractivity contribution in [3.63, 3.8) is 0 Å². The monoisotopic (exact) mass is 258 g/mol. The van der Waals surface area contributed by atoms with Crippen LogP contribution in [0, 0.1) is 5.92 Å². The van der Waals surface area contributed by atoms with Gasteiger partial charge >= 0.3 is 11.9 Å². The molecule has 1 rings (SSSR count). The highest BCUT2D eigenvalue weighted by Crippen LogP contribution is 2.21. The van der Waals surface area contributed by atoms with Crippen molar-refractivity contribution >= 4 is 21.7 Å². The third kappa shape index (κ3) is 5.00. The van der Waals surface area contributed by atoms with Crippen LogP contribution in [-0.4, -0.2) is 27.8 Å². The van der Waals surface area contributed by atoms with Gasteiger partial charge in [0, 0.05) is 6.10 Å². The van der Waals surface area contributed by atoms with Gasteiger partial charge in [-0.15, -0.1) is 0 Å². The van der Waals surface area contributed by atoms with Gasteiger partial charge in [-0.2, -0.15) is 0 Å². The molecule has 1 unspecified atom stereocenters. The van der Waals surface area contributed by atoms with Crippen LogP contribution in [0.15, 0.2) is 0 Å². The molecule has 0 aromatic carbocycles.